The highest BCUT2D eigenvalue weighted by Crippen LogP contribution is 2.30. The van der Waals surface area contributed by atoms with E-state index in [1.807, 2.05) is 0 Å². The first-order chi connectivity index (χ1) is 4.20. The largest absolute Gasteiger partial charge is 0.481 e. The first-order valence-electron chi connectivity index (χ1n) is 3.07. The van der Waals surface area contributed by atoms with Gasteiger partial charge in [0.05, 0.1) is 5.92 Å². The lowest BCUT2D eigenvalue weighted by Gasteiger charge is -1.98. The standard InChI is InChI=1S/C6H9IO2/c7-5-2-1-4(3-5)6(8)9/h4-5H,1-3H2,(H,8,9)/t4-,5+/m1/s1. The number of alkyl halides is 1. The molecule has 1 N–H and O–H groups in total. The number of carboxylic acids is 1. The monoisotopic (exact) mass is 240 g/mol. The van der Waals surface area contributed by atoms with Crippen LogP contribution in [0.3, 0.4) is 0 Å². The fourth-order valence-electron chi connectivity index (χ4n) is 1.15. The van der Waals surface area contributed by atoms with Crippen LogP contribution in [0, 0.1) is 5.92 Å². The smallest absolute Gasteiger partial charge is 0.306 e. The van der Waals surface area contributed by atoms with Crippen LogP contribution in [0.5, 0.6) is 0 Å². The minimum Gasteiger partial charge on any atom is -0.481 e. The maximum absolute atomic E-state index is 10.3. The van der Waals surface area contributed by atoms with E-state index in [1.54, 1.807) is 0 Å². The van der Waals surface area contributed by atoms with Crippen LogP contribution < -0.4 is 0 Å². The summed E-state index contributed by atoms with van der Waals surface area (Å²) in [4.78, 5) is 10.3. The van der Waals surface area contributed by atoms with Crippen LogP contribution in [0.4, 0.5) is 0 Å². The molecule has 0 spiro atoms. The highest BCUT2D eigenvalue weighted by atomic mass is 127. The van der Waals surface area contributed by atoms with E-state index in [0.29, 0.717) is 3.92 Å². The predicted octanol–water partition coefficient (Wildman–Crippen LogP) is 1.67. The van der Waals surface area contributed by atoms with Crippen LogP contribution in [-0.2, 0) is 4.79 Å². The summed E-state index contributed by atoms with van der Waals surface area (Å²) in [7, 11) is 0. The average Bonchev–Trinajstić information content (AvgIpc) is 2.14. The molecule has 1 saturated carbocycles. The number of carboxylic acid groups (broad SMARTS) is 1. The second-order valence-corrected chi connectivity index (χ2v) is 4.21. The third kappa shape index (κ3) is 1.81. The topological polar surface area (TPSA) is 37.3 Å². The lowest BCUT2D eigenvalue weighted by Crippen LogP contribution is -2.09. The van der Waals surface area contributed by atoms with Gasteiger partial charge in [-0.15, -0.1) is 0 Å². The molecule has 1 aliphatic carbocycles. The number of halogens is 1. The molecular formula is C6H9IO2. The van der Waals surface area contributed by atoms with E-state index >= 15 is 0 Å². The third-order valence-electron chi connectivity index (χ3n) is 1.72. The highest BCUT2D eigenvalue weighted by Gasteiger charge is 2.27. The Labute approximate surface area is 67.8 Å². The molecule has 0 saturated heterocycles. The van der Waals surface area contributed by atoms with E-state index in [0.717, 1.165) is 19.3 Å². The Balaban J connectivity index is 2.39. The van der Waals surface area contributed by atoms with Gasteiger partial charge < -0.3 is 5.11 Å². The van der Waals surface area contributed by atoms with Gasteiger partial charge in [0.2, 0.25) is 0 Å². The molecule has 0 aromatic carbocycles. The normalized spacial score (nSPS) is 34.8. The summed E-state index contributed by atoms with van der Waals surface area (Å²) < 4.78 is 0.601. The van der Waals surface area contributed by atoms with Crippen LogP contribution in [0.2, 0.25) is 0 Å². The van der Waals surface area contributed by atoms with Crippen molar-refractivity contribution < 1.29 is 9.90 Å². The number of rotatable bonds is 1. The molecular weight excluding hydrogens is 231 g/mol. The van der Waals surface area contributed by atoms with Gasteiger partial charge in [0, 0.05) is 3.92 Å². The molecule has 0 radical (unpaired) electrons. The summed E-state index contributed by atoms with van der Waals surface area (Å²) in [5.74, 6) is -0.666. The van der Waals surface area contributed by atoms with Crippen molar-refractivity contribution in [3.05, 3.63) is 0 Å². The van der Waals surface area contributed by atoms with E-state index in [-0.39, 0.29) is 5.92 Å². The Kier molecular flexibility index (Phi) is 2.32. The van der Waals surface area contributed by atoms with Crippen molar-refractivity contribution in [2.75, 3.05) is 0 Å². The molecule has 0 aromatic heterocycles. The van der Waals surface area contributed by atoms with E-state index in [9.17, 15) is 4.79 Å². The number of aliphatic carboxylic acids is 1. The van der Waals surface area contributed by atoms with Crippen molar-refractivity contribution in [3.63, 3.8) is 0 Å². The number of carbonyl (C=O) groups is 1. The van der Waals surface area contributed by atoms with E-state index < -0.39 is 5.97 Å². The maximum Gasteiger partial charge on any atom is 0.306 e. The molecule has 0 aromatic rings. The highest BCUT2D eigenvalue weighted by molar-refractivity contribution is 14.1. The van der Waals surface area contributed by atoms with E-state index in [4.69, 9.17) is 5.11 Å². The fraction of sp³-hybridized carbons (Fsp3) is 0.833. The van der Waals surface area contributed by atoms with Crippen molar-refractivity contribution in [2.24, 2.45) is 5.92 Å². The Hall–Kier alpha value is 0.200. The molecule has 1 fully saturated rings. The third-order valence-corrected chi connectivity index (χ3v) is 2.85. The lowest BCUT2D eigenvalue weighted by molar-refractivity contribution is -0.141. The van der Waals surface area contributed by atoms with Crippen LogP contribution >= 0.6 is 22.6 Å². The predicted molar refractivity (Wildman–Crippen MR) is 42.8 cm³/mol. The molecule has 52 valence electrons. The summed E-state index contributed by atoms with van der Waals surface area (Å²) in [5, 5.41) is 8.53. The Bertz CT molecular complexity index is 124. The van der Waals surface area contributed by atoms with Crippen molar-refractivity contribution >= 4 is 28.6 Å². The molecule has 0 heterocycles. The van der Waals surface area contributed by atoms with Crippen molar-refractivity contribution in [2.45, 2.75) is 23.2 Å². The SMILES string of the molecule is O=C(O)[C@@H]1CC[C@H](I)C1. The van der Waals surface area contributed by atoms with Gasteiger partial charge in [-0.05, 0) is 19.3 Å². The van der Waals surface area contributed by atoms with Crippen LogP contribution in [0.15, 0.2) is 0 Å². The van der Waals surface area contributed by atoms with Gasteiger partial charge >= 0.3 is 5.97 Å². The zero-order valence-corrected chi connectivity index (χ0v) is 7.17. The summed E-state index contributed by atoms with van der Waals surface area (Å²) in [5.41, 5.74) is 0. The summed E-state index contributed by atoms with van der Waals surface area (Å²) >= 11 is 2.32. The quantitative estimate of drug-likeness (QED) is 0.559. The summed E-state index contributed by atoms with van der Waals surface area (Å²) in [6, 6.07) is 0. The van der Waals surface area contributed by atoms with E-state index in [2.05, 4.69) is 22.6 Å². The second kappa shape index (κ2) is 2.86. The molecule has 2 atom stereocenters. The zero-order valence-electron chi connectivity index (χ0n) is 5.01. The maximum atomic E-state index is 10.3. The molecule has 9 heavy (non-hydrogen) atoms. The summed E-state index contributed by atoms with van der Waals surface area (Å²) in [6.45, 7) is 0. The Morgan fingerprint density at radius 1 is 1.56 bits per heavy atom. The molecule has 1 aliphatic rings. The molecule has 3 heteroatoms. The second-order valence-electron chi connectivity index (χ2n) is 2.45. The van der Waals surface area contributed by atoms with Gasteiger partial charge in [-0.2, -0.15) is 0 Å². The van der Waals surface area contributed by atoms with Crippen LogP contribution in [-0.4, -0.2) is 15.0 Å². The van der Waals surface area contributed by atoms with Crippen LogP contribution in [0.1, 0.15) is 19.3 Å². The van der Waals surface area contributed by atoms with Gasteiger partial charge in [0.25, 0.3) is 0 Å². The number of hydrogen-bond donors (Lipinski definition) is 1. The Morgan fingerprint density at radius 2 is 2.22 bits per heavy atom. The van der Waals surface area contributed by atoms with Gasteiger partial charge in [0.1, 0.15) is 0 Å². The minimum absolute atomic E-state index is 0.0492. The first kappa shape index (κ1) is 7.31. The first-order valence-corrected chi connectivity index (χ1v) is 4.31. The molecule has 0 aliphatic heterocycles. The Morgan fingerprint density at radius 3 is 2.44 bits per heavy atom. The minimum atomic E-state index is -0.617. The summed E-state index contributed by atoms with van der Waals surface area (Å²) in [6.07, 6.45) is 2.83. The molecule has 2 nitrogen and oxygen atoms in total. The fourth-order valence-corrected chi connectivity index (χ4v) is 2.12. The average molecular weight is 240 g/mol. The van der Waals surface area contributed by atoms with Crippen molar-refractivity contribution in [1.29, 1.82) is 0 Å². The molecule has 0 amide bonds. The van der Waals surface area contributed by atoms with E-state index in [1.165, 1.54) is 0 Å². The number of hydrogen-bond acceptors (Lipinski definition) is 1. The van der Waals surface area contributed by atoms with Gasteiger partial charge in [-0.25, -0.2) is 0 Å². The van der Waals surface area contributed by atoms with Crippen molar-refractivity contribution in [1.82, 2.24) is 0 Å². The van der Waals surface area contributed by atoms with Gasteiger partial charge in [-0.1, -0.05) is 22.6 Å². The zero-order chi connectivity index (χ0) is 6.85. The van der Waals surface area contributed by atoms with Crippen molar-refractivity contribution in [3.8, 4) is 0 Å². The lowest BCUT2D eigenvalue weighted by atomic mass is 10.1. The van der Waals surface area contributed by atoms with Gasteiger partial charge in [0.15, 0.2) is 0 Å². The molecule has 0 bridgehead atoms. The van der Waals surface area contributed by atoms with Gasteiger partial charge in [-0.3, -0.25) is 4.79 Å². The molecule has 0 unspecified atom stereocenters. The van der Waals surface area contributed by atoms with Crippen LogP contribution in [0.25, 0.3) is 0 Å². The molecule has 1 rings (SSSR count).